The summed E-state index contributed by atoms with van der Waals surface area (Å²) >= 11 is 0. The van der Waals surface area contributed by atoms with Crippen molar-refractivity contribution >= 4 is 16.9 Å². The van der Waals surface area contributed by atoms with E-state index in [1.165, 1.54) is 0 Å². The monoisotopic (exact) mass is 312 g/mol. The Balaban J connectivity index is 1.72. The molecule has 1 aromatic carbocycles. The Labute approximate surface area is 132 Å². The van der Waals surface area contributed by atoms with Gasteiger partial charge >= 0.3 is 5.63 Å². The fourth-order valence-electron chi connectivity index (χ4n) is 2.41. The molecule has 2 aromatic heterocycles. The molecule has 1 amide bonds. The van der Waals surface area contributed by atoms with Gasteiger partial charge in [0.15, 0.2) is 5.89 Å². The lowest BCUT2D eigenvalue weighted by Crippen LogP contribution is -2.29. The molecule has 23 heavy (non-hydrogen) atoms. The van der Waals surface area contributed by atoms with Gasteiger partial charge in [0.05, 0.1) is 5.69 Å². The maximum absolute atomic E-state index is 12.2. The van der Waals surface area contributed by atoms with Crippen molar-refractivity contribution in [2.75, 3.05) is 6.54 Å². The smallest absolute Gasteiger partial charge is 0.349 e. The average Bonchev–Trinajstić information content (AvgIpc) is 2.84. The molecule has 3 aromatic rings. The number of carbonyl (C=O) groups excluding carboxylic acids is 1. The van der Waals surface area contributed by atoms with Crippen molar-refractivity contribution in [2.24, 2.45) is 0 Å². The molecule has 0 radical (unpaired) electrons. The highest BCUT2D eigenvalue weighted by molar-refractivity contribution is 5.96. The first-order chi connectivity index (χ1) is 11.0. The first-order valence-electron chi connectivity index (χ1n) is 7.28. The van der Waals surface area contributed by atoms with Gasteiger partial charge in [0, 0.05) is 25.3 Å². The van der Waals surface area contributed by atoms with Gasteiger partial charge in [-0.25, -0.2) is 9.78 Å². The molecule has 0 unspecified atom stereocenters. The zero-order valence-corrected chi connectivity index (χ0v) is 12.9. The maximum atomic E-state index is 12.2. The number of carbonyl (C=O) groups is 1. The molecule has 0 bridgehead atoms. The zero-order valence-electron chi connectivity index (χ0n) is 12.9. The lowest BCUT2D eigenvalue weighted by Gasteiger charge is -2.04. The van der Waals surface area contributed by atoms with Gasteiger partial charge in [0.1, 0.15) is 16.9 Å². The molecule has 0 aliphatic carbocycles. The summed E-state index contributed by atoms with van der Waals surface area (Å²) in [4.78, 5) is 28.3. The lowest BCUT2D eigenvalue weighted by molar-refractivity contribution is 0.0950. The highest BCUT2D eigenvalue weighted by Gasteiger charge is 2.14. The van der Waals surface area contributed by atoms with Crippen LogP contribution in [0.3, 0.4) is 0 Å². The Morgan fingerprint density at radius 2 is 2.00 bits per heavy atom. The van der Waals surface area contributed by atoms with Crippen molar-refractivity contribution in [3.8, 4) is 0 Å². The maximum Gasteiger partial charge on any atom is 0.349 e. The lowest BCUT2D eigenvalue weighted by atomic mass is 10.2. The van der Waals surface area contributed by atoms with Crippen molar-refractivity contribution in [3.63, 3.8) is 0 Å². The molecule has 0 saturated carbocycles. The molecule has 0 spiro atoms. The van der Waals surface area contributed by atoms with Crippen molar-refractivity contribution in [1.29, 1.82) is 0 Å². The van der Waals surface area contributed by atoms with Gasteiger partial charge in [-0.2, -0.15) is 0 Å². The number of nitrogens with zero attached hydrogens (tertiary/aromatic N) is 1. The molecule has 0 saturated heterocycles. The molecule has 3 rings (SSSR count). The van der Waals surface area contributed by atoms with E-state index >= 15 is 0 Å². The Kier molecular flexibility index (Phi) is 3.97. The molecule has 0 aliphatic heterocycles. The number of nitrogens with one attached hydrogen (secondary N) is 1. The number of aromatic nitrogens is 1. The number of oxazole rings is 1. The standard InChI is InChI=1S/C17H16N2O4/c1-10-14(22-11(2)19-10)7-8-18-16(20)13-9-12-5-3-4-6-15(12)23-17(13)21/h3-6,9H,7-8H2,1-2H3,(H,18,20). The normalized spacial score (nSPS) is 10.9. The Morgan fingerprint density at radius 1 is 1.22 bits per heavy atom. The van der Waals surface area contributed by atoms with Gasteiger partial charge in [0.25, 0.3) is 5.91 Å². The first kappa shape index (κ1) is 15.0. The van der Waals surface area contributed by atoms with Gasteiger partial charge in [-0.3, -0.25) is 4.79 Å². The van der Waals surface area contributed by atoms with E-state index in [4.69, 9.17) is 8.83 Å². The summed E-state index contributed by atoms with van der Waals surface area (Å²) in [7, 11) is 0. The minimum Gasteiger partial charge on any atom is -0.446 e. The summed E-state index contributed by atoms with van der Waals surface area (Å²) in [5.41, 5.74) is 0.617. The number of hydrogen-bond donors (Lipinski definition) is 1. The van der Waals surface area contributed by atoms with E-state index in [0.717, 1.165) is 11.5 Å². The summed E-state index contributed by atoms with van der Waals surface area (Å²) in [5, 5.41) is 3.41. The SMILES string of the molecule is Cc1nc(C)c(CCNC(=O)c2cc3ccccc3oc2=O)o1. The zero-order chi connectivity index (χ0) is 16.4. The summed E-state index contributed by atoms with van der Waals surface area (Å²) in [5.74, 6) is 0.866. The topological polar surface area (TPSA) is 85.3 Å². The van der Waals surface area contributed by atoms with Crippen LogP contribution in [0.15, 0.2) is 44.0 Å². The number of para-hydroxylation sites is 1. The first-order valence-corrected chi connectivity index (χ1v) is 7.28. The second-order valence-electron chi connectivity index (χ2n) is 5.23. The van der Waals surface area contributed by atoms with Crippen LogP contribution in [0.2, 0.25) is 0 Å². The molecule has 6 nitrogen and oxygen atoms in total. The summed E-state index contributed by atoms with van der Waals surface area (Å²) < 4.78 is 10.6. The average molecular weight is 312 g/mol. The second kappa shape index (κ2) is 6.08. The third-order valence-electron chi connectivity index (χ3n) is 3.52. The Morgan fingerprint density at radius 3 is 2.74 bits per heavy atom. The van der Waals surface area contributed by atoms with E-state index in [0.29, 0.717) is 29.8 Å². The van der Waals surface area contributed by atoms with Crippen LogP contribution < -0.4 is 10.9 Å². The van der Waals surface area contributed by atoms with Crippen LogP contribution in [0.4, 0.5) is 0 Å². The number of fused-ring (bicyclic) bond motifs is 1. The van der Waals surface area contributed by atoms with Crippen molar-refractivity contribution < 1.29 is 13.6 Å². The number of amides is 1. The van der Waals surface area contributed by atoms with E-state index in [1.54, 1.807) is 31.2 Å². The predicted octanol–water partition coefficient (Wildman–Crippen LogP) is 2.37. The Hall–Kier alpha value is -2.89. The predicted molar refractivity (Wildman–Crippen MR) is 84.5 cm³/mol. The highest BCUT2D eigenvalue weighted by Crippen LogP contribution is 2.13. The van der Waals surface area contributed by atoms with E-state index in [1.807, 2.05) is 13.0 Å². The largest absolute Gasteiger partial charge is 0.446 e. The molecule has 0 atom stereocenters. The number of aryl methyl sites for hydroxylation is 2. The second-order valence-corrected chi connectivity index (χ2v) is 5.23. The molecular formula is C17H16N2O4. The summed E-state index contributed by atoms with van der Waals surface area (Å²) in [6.45, 7) is 3.97. The highest BCUT2D eigenvalue weighted by atomic mass is 16.4. The minimum absolute atomic E-state index is 0.00540. The van der Waals surface area contributed by atoms with Crippen LogP contribution in [0.1, 0.15) is 27.7 Å². The van der Waals surface area contributed by atoms with Gasteiger partial charge in [0.2, 0.25) is 0 Å². The van der Waals surface area contributed by atoms with Crippen LogP contribution in [-0.2, 0) is 6.42 Å². The third-order valence-corrected chi connectivity index (χ3v) is 3.52. The van der Waals surface area contributed by atoms with E-state index in [9.17, 15) is 9.59 Å². The fraction of sp³-hybridized carbons (Fsp3) is 0.235. The van der Waals surface area contributed by atoms with E-state index in [2.05, 4.69) is 10.3 Å². The van der Waals surface area contributed by atoms with Crippen LogP contribution in [-0.4, -0.2) is 17.4 Å². The van der Waals surface area contributed by atoms with Gasteiger partial charge in [-0.15, -0.1) is 0 Å². The van der Waals surface area contributed by atoms with Crippen LogP contribution in [0.25, 0.3) is 11.0 Å². The summed E-state index contributed by atoms with van der Waals surface area (Å²) in [6, 6.07) is 8.61. The van der Waals surface area contributed by atoms with Crippen LogP contribution in [0, 0.1) is 13.8 Å². The van der Waals surface area contributed by atoms with Gasteiger partial charge in [-0.1, -0.05) is 18.2 Å². The Bertz CT molecular complexity index is 924. The molecule has 118 valence electrons. The number of rotatable bonds is 4. The van der Waals surface area contributed by atoms with Crippen molar-refractivity contribution in [1.82, 2.24) is 10.3 Å². The quantitative estimate of drug-likeness (QED) is 0.748. The van der Waals surface area contributed by atoms with Gasteiger partial charge < -0.3 is 14.2 Å². The molecule has 1 N–H and O–H groups in total. The number of hydrogen-bond acceptors (Lipinski definition) is 5. The van der Waals surface area contributed by atoms with E-state index in [-0.39, 0.29) is 5.56 Å². The molecular weight excluding hydrogens is 296 g/mol. The van der Waals surface area contributed by atoms with Crippen molar-refractivity contribution in [2.45, 2.75) is 20.3 Å². The molecule has 0 aliphatic rings. The fourth-order valence-corrected chi connectivity index (χ4v) is 2.41. The van der Waals surface area contributed by atoms with Gasteiger partial charge in [-0.05, 0) is 19.1 Å². The van der Waals surface area contributed by atoms with Crippen LogP contribution >= 0.6 is 0 Å². The van der Waals surface area contributed by atoms with Crippen LogP contribution in [0.5, 0.6) is 0 Å². The third kappa shape index (κ3) is 3.15. The molecule has 6 heteroatoms. The molecule has 0 fully saturated rings. The minimum atomic E-state index is -0.645. The number of benzene rings is 1. The molecule has 2 heterocycles. The van der Waals surface area contributed by atoms with E-state index < -0.39 is 11.5 Å². The summed E-state index contributed by atoms with van der Waals surface area (Å²) in [6.07, 6.45) is 0.511. The van der Waals surface area contributed by atoms with Crippen molar-refractivity contribution in [3.05, 3.63) is 63.7 Å².